The Kier molecular flexibility index (Phi) is 4.01. The Labute approximate surface area is 139 Å². The van der Waals surface area contributed by atoms with Crippen LogP contribution >= 0.6 is 11.6 Å². The Bertz CT molecular complexity index is 893. The maximum atomic E-state index is 12.7. The van der Waals surface area contributed by atoms with Crippen LogP contribution in [0.25, 0.3) is 22.0 Å². The molecule has 1 heterocycles. The monoisotopic (exact) mass is 329 g/mol. The Morgan fingerprint density at radius 1 is 1.04 bits per heavy atom. The lowest BCUT2D eigenvalue weighted by molar-refractivity contribution is -0.599. The highest BCUT2D eigenvalue weighted by atomic mass is 35.5. The molecule has 0 fully saturated rings. The molecule has 0 saturated carbocycles. The van der Waals surface area contributed by atoms with E-state index in [4.69, 9.17) is 21.1 Å². The zero-order valence-corrected chi connectivity index (χ0v) is 13.8. The minimum atomic E-state index is 0.498. The summed E-state index contributed by atoms with van der Waals surface area (Å²) in [4.78, 5) is 0. The zero-order valence-electron chi connectivity index (χ0n) is 13.1. The normalized spacial score (nSPS) is 10.8. The third-order valence-electron chi connectivity index (χ3n) is 3.80. The average Bonchev–Trinajstić information content (AvgIpc) is 2.55. The van der Waals surface area contributed by atoms with Crippen molar-refractivity contribution in [1.82, 2.24) is 0 Å². The van der Waals surface area contributed by atoms with E-state index in [-0.39, 0.29) is 0 Å². The SMILES string of the molecule is COc1ccc2cc(C)[n+]([O-])c(-c3cccc(Cl)c3)c2c1OC. The first-order valence-electron chi connectivity index (χ1n) is 7.10. The first-order chi connectivity index (χ1) is 11.1. The van der Waals surface area contributed by atoms with Crippen LogP contribution in [0.2, 0.25) is 5.02 Å². The van der Waals surface area contributed by atoms with Crippen molar-refractivity contribution in [2.24, 2.45) is 0 Å². The summed E-state index contributed by atoms with van der Waals surface area (Å²) in [6, 6.07) is 12.8. The molecule has 0 aliphatic rings. The molecule has 3 aromatic rings. The van der Waals surface area contributed by atoms with E-state index < -0.39 is 0 Å². The highest BCUT2D eigenvalue weighted by molar-refractivity contribution is 6.30. The van der Waals surface area contributed by atoms with Crippen LogP contribution in [0.5, 0.6) is 11.5 Å². The second kappa shape index (κ2) is 5.97. The summed E-state index contributed by atoms with van der Waals surface area (Å²) >= 11 is 6.10. The molecule has 118 valence electrons. The quantitative estimate of drug-likeness (QED) is 0.536. The number of methoxy groups -OCH3 is 2. The molecule has 0 aliphatic carbocycles. The van der Waals surface area contributed by atoms with Crippen LogP contribution in [-0.4, -0.2) is 14.2 Å². The van der Waals surface area contributed by atoms with Gasteiger partial charge >= 0.3 is 0 Å². The molecule has 0 bridgehead atoms. The zero-order chi connectivity index (χ0) is 16.6. The number of pyridine rings is 1. The summed E-state index contributed by atoms with van der Waals surface area (Å²) in [5, 5.41) is 14.9. The van der Waals surface area contributed by atoms with Crippen molar-refractivity contribution in [2.75, 3.05) is 14.2 Å². The van der Waals surface area contributed by atoms with E-state index in [1.165, 1.54) is 0 Å². The summed E-state index contributed by atoms with van der Waals surface area (Å²) in [6.07, 6.45) is 0. The Morgan fingerprint density at radius 2 is 1.83 bits per heavy atom. The maximum absolute atomic E-state index is 12.7. The highest BCUT2D eigenvalue weighted by Gasteiger charge is 2.23. The molecule has 5 heteroatoms. The van der Waals surface area contributed by atoms with E-state index in [1.807, 2.05) is 30.3 Å². The van der Waals surface area contributed by atoms with Gasteiger partial charge in [-0.2, -0.15) is 4.73 Å². The average molecular weight is 330 g/mol. The largest absolute Gasteiger partial charge is 0.618 e. The van der Waals surface area contributed by atoms with Gasteiger partial charge in [-0.3, -0.25) is 0 Å². The molecule has 0 amide bonds. The third-order valence-corrected chi connectivity index (χ3v) is 4.04. The van der Waals surface area contributed by atoms with Gasteiger partial charge in [-0.25, -0.2) is 0 Å². The van der Waals surface area contributed by atoms with Crippen LogP contribution in [-0.2, 0) is 0 Å². The number of aryl methyl sites for hydroxylation is 1. The van der Waals surface area contributed by atoms with E-state index in [9.17, 15) is 5.21 Å². The smallest absolute Gasteiger partial charge is 0.235 e. The molecule has 0 N–H and O–H groups in total. The molecule has 0 radical (unpaired) electrons. The molecule has 0 atom stereocenters. The highest BCUT2D eigenvalue weighted by Crippen LogP contribution is 2.40. The number of rotatable bonds is 3. The molecule has 0 unspecified atom stereocenters. The lowest BCUT2D eigenvalue weighted by Crippen LogP contribution is -2.33. The molecule has 4 nitrogen and oxygen atoms in total. The van der Waals surface area contributed by atoms with Gasteiger partial charge in [0.25, 0.3) is 0 Å². The predicted octanol–water partition coefficient (Wildman–Crippen LogP) is 4.12. The molecule has 0 saturated heterocycles. The number of halogens is 1. The van der Waals surface area contributed by atoms with E-state index in [0.29, 0.717) is 33.3 Å². The minimum absolute atomic E-state index is 0.498. The second-order valence-corrected chi connectivity index (χ2v) is 5.64. The lowest BCUT2D eigenvalue weighted by atomic mass is 10.0. The molecule has 23 heavy (non-hydrogen) atoms. The van der Waals surface area contributed by atoms with E-state index in [0.717, 1.165) is 15.7 Å². The fraction of sp³-hybridized carbons (Fsp3) is 0.167. The van der Waals surface area contributed by atoms with E-state index in [2.05, 4.69) is 0 Å². The van der Waals surface area contributed by atoms with Gasteiger partial charge in [0, 0.05) is 23.6 Å². The van der Waals surface area contributed by atoms with Crippen LogP contribution in [0, 0.1) is 12.1 Å². The van der Waals surface area contributed by atoms with Crippen LogP contribution < -0.4 is 14.2 Å². The van der Waals surface area contributed by atoms with Crippen molar-refractivity contribution in [2.45, 2.75) is 6.92 Å². The third kappa shape index (κ3) is 2.55. The van der Waals surface area contributed by atoms with Gasteiger partial charge in [0.2, 0.25) is 5.69 Å². The summed E-state index contributed by atoms with van der Waals surface area (Å²) in [5.74, 6) is 1.11. The van der Waals surface area contributed by atoms with Crippen LogP contribution in [0.3, 0.4) is 0 Å². The van der Waals surface area contributed by atoms with Crippen molar-refractivity contribution in [1.29, 1.82) is 0 Å². The van der Waals surface area contributed by atoms with Gasteiger partial charge in [-0.15, -0.1) is 0 Å². The number of nitrogens with zero attached hydrogens (tertiary/aromatic N) is 1. The fourth-order valence-electron chi connectivity index (χ4n) is 2.77. The van der Waals surface area contributed by atoms with E-state index >= 15 is 0 Å². The van der Waals surface area contributed by atoms with Gasteiger partial charge in [0.05, 0.1) is 14.2 Å². The first-order valence-corrected chi connectivity index (χ1v) is 7.48. The van der Waals surface area contributed by atoms with E-state index in [1.54, 1.807) is 33.3 Å². The van der Waals surface area contributed by atoms with Gasteiger partial charge in [-0.1, -0.05) is 17.7 Å². The summed E-state index contributed by atoms with van der Waals surface area (Å²) in [6.45, 7) is 1.77. The molecular weight excluding hydrogens is 314 g/mol. The Hall–Kier alpha value is -2.46. The summed E-state index contributed by atoms with van der Waals surface area (Å²) < 4.78 is 11.8. The van der Waals surface area contributed by atoms with Crippen molar-refractivity contribution in [3.63, 3.8) is 0 Å². The van der Waals surface area contributed by atoms with Crippen LogP contribution in [0.4, 0.5) is 0 Å². The number of hydrogen-bond acceptors (Lipinski definition) is 3. The minimum Gasteiger partial charge on any atom is -0.618 e. The topological polar surface area (TPSA) is 45.4 Å². The van der Waals surface area contributed by atoms with Crippen molar-refractivity contribution >= 4 is 22.4 Å². The maximum Gasteiger partial charge on any atom is 0.235 e. The van der Waals surface area contributed by atoms with Gasteiger partial charge in [-0.05, 0) is 35.7 Å². The van der Waals surface area contributed by atoms with Crippen LogP contribution in [0.1, 0.15) is 5.69 Å². The molecule has 2 aromatic carbocycles. The number of hydrogen-bond donors (Lipinski definition) is 0. The summed E-state index contributed by atoms with van der Waals surface area (Å²) in [7, 11) is 3.14. The van der Waals surface area contributed by atoms with Crippen molar-refractivity contribution in [3.05, 3.63) is 58.4 Å². The molecular formula is C18H16ClNO3. The number of benzene rings is 2. The number of ether oxygens (including phenoxy) is 2. The van der Waals surface area contributed by atoms with Gasteiger partial charge < -0.3 is 14.7 Å². The molecule has 0 aliphatic heterocycles. The standard InChI is InChI=1S/C18H16ClNO3/c1-11-9-12-7-8-15(22-2)18(23-3)16(12)17(20(11)21)13-5-4-6-14(19)10-13/h4-10H,1-3H3. The number of fused-ring (bicyclic) bond motifs is 1. The molecule has 3 rings (SSSR count). The van der Waals surface area contributed by atoms with Crippen molar-refractivity contribution in [3.8, 4) is 22.8 Å². The first kappa shape index (κ1) is 15.4. The Morgan fingerprint density at radius 3 is 2.48 bits per heavy atom. The lowest BCUT2D eigenvalue weighted by Gasteiger charge is -2.15. The molecule has 0 spiro atoms. The summed E-state index contributed by atoms with van der Waals surface area (Å²) in [5.41, 5.74) is 1.82. The predicted molar refractivity (Wildman–Crippen MR) is 91.2 cm³/mol. The van der Waals surface area contributed by atoms with Gasteiger partial charge in [0.15, 0.2) is 17.2 Å². The van der Waals surface area contributed by atoms with Crippen molar-refractivity contribution < 1.29 is 14.2 Å². The molecule has 1 aromatic heterocycles. The van der Waals surface area contributed by atoms with Crippen LogP contribution in [0.15, 0.2) is 42.5 Å². The second-order valence-electron chi connectivity index (χ2n) is 5.20. The Balaban J connectivity index is 2.49. The van der Waals surface area contributed by atoms with Gasteiger partial charge in [0.1, 0.15) is 5.39 Å². The number of aromatic nitrogens is 1. The fourth-order valence-corrected chi connectivity index (χ4v) is 2.96.